The molecule has 1 fully saturated rings. The highest BCUT2D eigenvalue weighted by atomic mass is 32.2. The zero-order chi connectivity index (χ0) is 22.1. The molecule has 0 radical (unpaired) electrons. The van der Waals surface area contributed by atoms with Crippen molar-refractivity contribution >= 4 is 27.3 Å². The first-order valence-corrected chi connectivity index (χ1v) is 13.4. The zero-order valence-electron chi connectivity index (χ0n) is 17.9. The highest BCUT2D eigenvalue weighted by Gasteiger charge is 2.31. The van der Waals surface area contributed by atoms with Crippen molar-refractivity contribution in [3.8, 4) is 0 Å². The van der Waals surface area contributed by atoms with E-state index in [1.54, 1.807) is 22.3 Å². The molecule has 2 aliphatic rings. The summed E-state index contributed by atoms with van der Waals surface area (Å²) in [5.41, 5.74) is 3.08. The number of benzene rings is 1. The van der Waals surface area contributed by atoms with Crippen molar-refractivity contribution in [2.45, 2.75) is 37.1 Å². The van der Waals surface area contributed by atoms with Gasteiger partial charge in [-0.1, -0.05) is 12.1 Å². The van der Waals surface area contributed by atoms with Crippen molar-refractivity contribution in [2.75, 3.05) is 26.2 Å². The fraction of sp³-hybridized carbons (Fsp3) is 0.375. The summed E-state index contributed by atoms with van der Waals surface area (Å²) >= 11 is 1.67. The number of carbonyl (C=O) groups excluding carboxylic acids is 1. The van der Waals surface area contributed by atoms with Crippen LogP contribution < -0.4 is 0 Å². The smallest absolute Gasteiger partial charge is 0.270 e. The van der Waals surface area contributed by atoms with E-state index in [9.17, 15) is 13.2 Å². The van der Waals surface area contributed by atoms with Gasteiger partial charge in [0, 0.05) is 37.3 Å². The lowest BCUT2D eigenvalue weighted by Crippen LogP contribution is -2.50. The minimum Gasteiger partial charge on any atom is -0.338 e. The number of rotatable bonds is 5. The first-order chi connectivity index (χ1) is 15.5. The van der Waals surface area contributed by atoms with Gasteiger partial charge in [0.1, 0.15) is 5.69 Å². The molecular weight excluding hydrogens is 442 g/mol. The average Bonchev–Trinajstić information content (AvgIpc) is 3.51. The summed E-state index contributed by atoms with van der Waals surface area (Å²) < 4.78 is 29.9. The molecule has 0 bridgehead atoms. The Balaban J connectivity index is 1.26. The second-order valence-corrected chi connectivity index (χ2v) is 11.4. The summed E-state index contributed by atoms with van der Waals surface area (Å²) in [4.78, 5) is 16.5. The van der Waals surface area contributed by atoms with Gasteiger partial charge in [-0.2, -0.15) is 4.31 Å². The van der Waals surface area contributed by atoms with Crippen LogP contribution in [0.25, 0.3) is 0 Å². The fourth-order valence-corrected chi connectivity index (χ4v) is 6.81. The molecule has 5 rings (SSSR count). The summed E-state index contributed by atoms with van der Waals surface area (Å²) in [5.74, 6) is -0.0441. The molecule has 3 aromatic rings. The van der Waals surface area contributed by atoms with E-state index in [-0.39, 0.29) is 5.91 Å². The van der Waals surface area contributed by atoms with Crippen LogP contribution in [-0.4, -0.2) is 54.3 Å². The molecular formula is C24H27N3O3S2. The van der Waals surface area contributed by atoms with Gasteiger partial charge < -0.3 is 9.47 Å². The number of hydrogen-bond donors (Lipinski definition) is 0. The van der Waals surface area contributed by atoms with Crippen molar-refractivity contribution < 1.29 is 13.2 Å². The Morgan fingerprint density at radius 1 is 0.938 bits per heavy atom. The van der Waals surface area contributed by atoms with Gasteiger partial charge in [-0.15, -0.1) is 11.3 Å². The van der Waals surface area contributed by atoms with Crippen LogP contribution in [-0.2, 0) is 29.4 Å². The third-order valence-electron chi connectivity index (χ3n) is 6.44. The Kier molecular flexibility index (Phi) is 5.92. The fourth-order valence-electron chi connectivity index (χ4n) is 4.63. The maximum absolute atomic E-state index is 13.2. The number of sulfonamides is 1. The number of hydrogen-bond acceptors (Lipinski definition) is 4. The van der Waals surface area contributed by atoms with Gasteiger partial charge in [-0.25, -0.2) is 8.42 Å². The molecule has 32 heavy (non-hydrogen) atoms. The second-order valence-electron chi connectivity index (χ2n) is 8.43. The molecule has 1 aromatic carbocycles. The van der Waals surface area contributed by atoms with Crippen LogP contribution in [0.4, 0.5) is 0 Å². The number of thiophene rings is 1. The van der Waals surface area contributed by atoms with Crippen molar-refractivity contribution in [1.82, 2.24) is 13.8 Å². The number of fused-ring (bicyclic) bond motifs is 1. The molecule has 0 unspecified atom stereocenters. The molecule has 0 spiro atoms. The van der Waals surface area contributed by atoms with Crippen LogP contribution in [0.5, 0.6) is 0 Å². The van der Waals surface area contributed by atoms with Crippen LogP contribution in [0.3, 0.4) is 0 Å². The molecule has 3 heterocycles. The number of piperazine rings is 1. The molecule has 1 amide bonds. The first kappa shape index (κ1) is 21.4. The minimum atomic E-state index is -3.55. The molecule has 1 aliphatic heterocycles. The Hall–Kier alpha value is -2.42. The quantitative estimate of drug-likeness (QED) is 0.573. The van der Waals surface area contributed by atoms with E-state index in [0.717, 1.165) is 24.8 Å². The van der Waals surface area contributed by atoms with E-state index in [0.29, 0.717) is 43.3 Å². The largest absolute Gasteiger partial charge is 0.338 e. The van der Waals surface area contributed by atoms with E-state index in [4.69, 9.17) is 0 Å². The van der Waals surface area contributed by atoms with Gasteiger partial charge in [0.15, 0.2) is 0 Å². The Morgan fingerprint density at radius 3 is 2.47 bits per heavy atom. The SMILES string of the molecule is O=C(c1cccn1Cc1cccs1)N1CCN(S(=O)(=O)c2ccc3c(c2)CCCC3)CC1. The Bertz CT molecular complexity index is 1210. The maximum atomic E-state index is 13.2. The van der Waals surface area contributed by atoms with E-state index in [2.05, 4.69) is 6.07 Å². The molecule has 0 saturated carbocycles. The lowest BCUT2D eigenvalue weighted by atomic mass is 9.92. The van der Waals surface area contributed by atoms with E-state index in [1.807, 2.05) is 46.5 Å². The van der Waals surface area contributed by atoms with Gasteiger partial charge in [-0.3, -0.25) is 4.79 Å². The van der Waals surface area contributed by atoms with Crippen molar-refractivity contribution in [1.29, 1.82) is 0 Å². The highest BCUT2D eigenvalue weighted by molar-refractivity contribution is 7.89. The van der Waals surface area contributed by atoms with Crippen LogP contribution in [0.15, 0.2) is 58.9 Å². The molecule has 8 heteroatoms. The van der Waals surface area contributed by atoms with Crippen LogP contribution in [0.1, 0.15) is 39.3 Å². The Morgan fingerprint density at radius 2 is 1.72 bits per heavy atom. The number of amides is 1. The molecule has 168 valence electrons. The highest BCUT2D eigenvalue weighted by Crippen LogP contribution is 2.26. The standard InChI is InChI=1S/C24H27N3O3S2/c28-24(23-8-3-11-26(23)18-21-7-4-16-31-21)25-12-14-27(15-13-25)32(29,30)22-10-9-19-5-1-2-6-20(19)17-22/h3-4,7-11,16-17H,1-2,5-6,12-15,18H2. The van der Waals surface area contributed by atoms with Gasteiger partial charge in [-0.05, 0) is 72.5 Å². The number of nitrogens with zero attached hydrogens (tertiary/aromatic N) is 3. The van der Waals surface area contributed by atoms with Crippen molar-refractivity contribution in [3.05, 3.63) is 75.7 Å². The number of aryl methyl sites for hydroxylation is 2. The predicted molar refractivity (Wildman–Crippen MR) is 126 cm³/mol. The van der Waals surface area contributed by atoms with Gasteiger partial charge in [0.05, 0.1) is 11.4 Å². The lowest BCUT2D eigenvalue weighted by molar-refractivity contribution is 0.0687. The van der Waals surface area contributed by atoms with Crippen molar-refractivity contribution in [2.24, 2.45) is 0 Å². The van der Waals surface area contributed by atoms with Crippen molar-refractivity contribution in [3.63, 3.8) is 0 Å². The van der Waals surface area contributed by atoms with Gasteiger partial charge >= 0.3 is 0 Å². The summed E-state index contributed by atoms with van der Waals surface area (Å²) in [5, 5.41) is 2.03. The summed E-state index contributed by atoms with van der Waals surface area (Å²) in [7, 11) is -3.55. The van der Waals surface area contributed by atoms with E-state index < -0.39 is 10.0 Å². The molecule has 6 nitrogen and oxygen atoms in total. The van der Waals surface area contributed by atoms with Gasteiger partial charge in [0.25, 0.3) is 5.91 Å². The zero-order valence-corrected chi connectivity index (χ0v) is 19.6. The summed E-state index contributed by atoms with van der Waals surface area (Å²) in [6.07, 6.45) is 6.19. The van der Waals surface area contributed by atoms with E-state index >= 15 is 0 Å². The normalized spacial score (nSPS) is 17.3. The topological polar surface area (TPSA) is 62.6 Å². The molecule has 0 N–H and O–H groups in total. The third-order valence-corrected chi connectivity index (χ3v) is 9.19. The Labute approximate surface area is 193 Å². The van der Waals surface area contributed by atoms with Gasteiger partial charge in [0.2, 0.25) is 10.0 Å². The van der Waals surface area contributed by atoms with Crippen LogP contribution in [0, 0.1) is 0 Å². The minimum absolute atomic E-state index is 0.0441. The summed E-state index contributed by atoms with van der Waals surface area (Å²) in [6, 6.07) is 13.4. The summed E-state index contributed by atoms with van der Waals surface area (Å²) in [6.45, 7) is 2.09. The predicted octanol–water partition coefficient (Wildman–Crippen LogP) is 3.62. The van der Waals surface area contributed by atoms with E-state index in [1.165, 1.54) is 21.2 Å². The average molecular weight is 470 g/mol. The lowest BCUT2D eigenvalue weighted by Gasteiger charge is -2.34. The van der Waals surface area contributed by atoms with Crippen LogP contribution >= 0.6 is 11.3 Å². The first-order valence-electron chi connectivity index (χ1n) is 11.1. The molecule has 2 aromatic heterocycles. The number of carbonyl (C=O) groups is 1. The molecule has 1 saturated heterocycles. The second kappa shape index (κ2) is 8.84. The number of aromatic nitrogens is 1. The third kappa shape index (κ3) is 4.14. The monoisotopic (exact) mass is 469 g/mol. The molecule has 0 atom stereocenters. The molecule has 1 aliphatic carbocycles. The maximum Gasteiger partial charge on any atom is 0.270 e. The van der Waals surface area contributed by atoms with Crippen LogP contribution in [0.2, 0.25) is 0 Å².